The molecule has 0 fully saturated rings. The Kier molecular flexibility index (Phi) is 9.09. The van der Waals surface area contributed by atoms with Crippen molar-refractivity contribution in [2.24, 2.45) is 0 Å². The van der Waals surface area contributed by atoms with Crippen LogP contribution in [0.2, 0.25) is 0 Å². The summed E-state index contributed by atoms with van der Waals surface area (Å²) in [6.45, 7) is 2.38. The molecule has 10 heteroatoms. The van der Waals surface area contributed by atoms with E-state index in [-0.39, 0.29) is 17.9 Å². The summed E-state index contributed by atoms with van der Waals surface area (Å²) in [6.07, 6.45) is 0. The molecule has 1 aromatic carbocycles. The first-order valence-electron chi connectivity index (χ1n) is 6.21. The van der Waals surface area contributed by atoms with Crippen molar-refractivity contribution in [1.29, 1.82) is 0 Å². The molecule has 0 saturated carbocycles. The van der Waals surface area contributed by atoms with Crippen molar-refractivity contribution in [2.45, 2.75) is 13.8 Å². The Balaban J connectivity index is 0.000000438. The molecule has 1 aromatic rings. The van der Waals surface area contributed by atoms with Gasteiger partial charge in [-0.3, -0.25) is 4.79 Å². The number of para-hydroxylation sites is 1. The van der Waals surface area contributed by atoms with E-state index in [9.17, 15) is 24.5 Å². The summed E-state index contributed by atoms with van der Waals surface area (Å²) in [6, 6.07) is 5.98. The molecule has 0 saturated heterocycles. The van der Waals surface area contributed by atoms with Crippen molar-refractivity contribution in [3.63, 3.8) is 0 Å². The van der Waals surface area contributed by atoms with E-state index in [2.05, 4.69) is 14.3 Å². The lowest BCUT2D eigenvalue weighted by Crippen LogP contribution is -2.15. The Morgan fingerprint density at radius 3 is 2.35 bits per heavy atom. The highest BCUT2D eigenvalue weighted by Gasteiger charge is 2.11. The Labute approximate surface area is 130 Å². The number of carboxylic acid groups (broad SMARTS) is 1. The fourth-order valence-electron chi connectivity index (χ4n) is 1.20. The molecule has 0 heterocycles. The smallest absolute Gasteiger partial charge is 0.339 e. The van der Waals surface area contributed by atoms with E-state index < -0.39 is 29.6 Å². The first-order valence-corrected chi connectivity index (χ1v) is 6.21. The van der Waals surface area contributed by atoms with Crippen LogP contribution in [0.1, 0.15) is 24.2 Å². The number of benzene rings is 1. The van der Waals surface area contributed by atoms with Crippen molar-refractivity contribution >= 4 is 17.9 Å². The van der Waals surface area contributed by atoms with Crippen LogP contribution in [0.4, 0.5) is 0 Å². The van der Waals surface area contributed by atoms with E-state index in [4.69, 9.17) is 5.11 Å². The van der Waals surface area contributed by atoms with Gasteiger partial charge in [0.1, 0.15) is 11.3 Å². The van der Waals surface area contributed by atoms with Crippen molar-refractivity contribution in [2.75, 3.05) is 13.2 Å². The molecular weight excluding hydrogens is 314 g/mol. The number of carbonyl (C=O) groups excluding carboxylic acids is 2. The van der Waals surface area contributed by atoms with E-state index in [0.29, 0.717) is 0 Å². The van der Waals surface area contributed by atoms with Gasteiger partial charge in [0.05, 0.1) is 6.61 Å². The highest BCUT2D eigenvalue weighted by Crippen LogP contribution is 2.17. The normalized spacial score (nSPS) is 8.96. The van der Waals surface area contributed by atoms with Crippen LogP contribution in [-0.4, -0.2) is 41.3 Å². The Morgan fingerprint density at radius 1 is 1.26 bits per heavy atom. The van der Waals surface area contributed by atoms with Crippen LogP contribution in [0.25, 0.3) is 0 Å². The van der Waals surface area contributed by atoms with Crippen LogP contribution >= 0.6 is 0 Å². The summed E-state index contributed by atoms with van der Waals surface area (Å²) < 4.78 is 9.01. The molecule has 1 rings (SSSR count). The third-order valence-electron chi connectivity index (χ3n) is 1.96. The lowest BCUT2D eigenvalue weighted by Gasteiger charge is -2.03. The molecular formula is C13H15NO9. The zero-order valence-corrected chi connectivity index (χ0v) is 12.4. The predicted molar refractivity (Wildman–Crippen MR) is 74.3 cm³/mol. The molecule has 0 spiro atoms. The average Bonchev–Trinajstić information content (AvgIpc) is 2.46. The van der Waals surface area contributed by atoms with Crippen LogP contribution in [0.3, 0.4) is 0 Å². The second-order valence-electron chi connectivity index (χ2n) is 3.70. The molecule has 0 unspecified atom stereocenters. The van der Waals surface area contributed by atoms with Gasteiger partial charge >= 0.3 is 17.9 Å². The number of hydrogen-bond acceptors (Lipinski definition) is 8. The minimum absolute atomic E-state index is 0.0160. The van der Waals surface area contributed by atoms with Crippen LogP contribution in [0, 0.1) is 10.1 Å². The third-order valence-corrected chi connectivity index (χ3v) is 1.96. The summed E-state index contributed by atoms with van der Waals surface area (Å²) in [7, 11) is 0. The van der Waals surface area contributed by atoms with Gasteiger partial charge in [0, 0.05) is 6.92 Å². The van der Waals surface area contributed by atoms with Gasteiger partial charge in [0.25, 0.3) is 5.09 Å². The van der Waals surface area contributed by atoms with E-state index in [1.54, 1.807) is 19.1 Å². The van der Waals surface area contributed by atoms with Crippen molar-refractivity contribution < 1.29 is 38.9 Å². The number of rotatable bonds is 6. The third kappa shape index (κ3) is 9.39. The second kappa shape index (κ2) is 10.5. The quantitative estimate of drug-likeness (QED) is 0.351. The molecule has 0 aromatic heterocycles. The van der Waals surface area contributed by atoms with E-state index in [1.807, 2.05) is 0 Å². The summed E-state index contributed by atoms with van der Waals surface area (Å²) in [5.41, 5.74) is -0.0160. The molecule has 0 atom stereocenters. The lowest BCUT2D eigenvalue weighted by atomic mass is 10.2. The van der Waals surface area contributed by atoms with Gasteiger partial charge in [-0.2, -0.15) is 0 Å². The molecule has 0 aliphatic heterocycles. The maximum absolute atomic E-state index is 10.6. The largest absolute Gasteiger partial charge is 0.478 e. The first-order chi connectivity index (χ1) is 10.8. The fourth-order valence-corrected chi connectivity index (χ4v) is 1.20. The predicted octanol–water partition coefficient (Wildman–Crippen LogP) is 1.07. The van der Waals surface area contributed by atoms with Crippen LogP contribution in [0.5, 0.6) is 5.75 Å². The Bertz CT molecular complexity index is 570. The minimum Gasteiger partial charge on any atom is -0.478 e. The van der Waals surface area contributed by atoms with E-state index >= 15 is 0 Å². The number of carboxylic acids is 1. The maximum Gasteiger partial charge on any atom is 0.339 e. The molecule has 0 aliphatic rings. The molecule has 126 valence electrons. The van der Waals surface area contributed by atoms with Crippen molar-refractivity contribution in [1.82, 2.24) is 0 Å². The summed E-state index contributed by atoms with van der Waals surface area (Å²) >= 11 is 0. The summed E-state index contributed by atoms with van der Waals surface area (Å²) in [5.74, 6) is -2.31. The van der Waals surface area contributed by atoms with Crippen molar-refractivity contribution in [3.05, 3.63) is 39.9 Å². The van der Waals surface area contributed by atoms with Crippen molar-refractivity contribution in [3.8, 4) is 5.75 Å². The van der Waals surface area contributed by atoms with Gasteiger partial charge in [-0.15, -0.1) is 10.1 Å². The van der Waals surface area contributed by atoms with Gasteiger partial charge in [0.2, 0.25) is 0 Å². The summed E-state index contributed by atoms with van der Waals surface area (Å²) in [5, 5.41) is 17.1. The zero-order valence-electron chi connectivity index (χ0n) is 12.4. The molecule has 23 heavy (non-hydrogen) atoms. The number of hydrogen-bond donors (Lipinski definition) is 1. The summed E-state index contributed by atoms with van der Waals surface area (Å²) in [4.78, 5) is 44.7. The number of carbonyl (C=O) groups is 3. The lowest BCUT2D eigenvalue weighted by molar-refractivity contribution is -0.754. The van der Waals surface area contributed by atoms with E-state index in [1.165, 1.54) is 19.1 Å². The molecule has 0 aliphatic carbocycles. The molecule has 1 N–H and O–H groups in total. The highest BCUT2D eigenvalue weighted by atomic mass is 17.0. The SMILES string of the molecule is CC(=O)Oc1ccccc1C(=O)O.CCOC(=O)CO[N+](=O)[O-]. The number of nitrogens with zero attached hydrogens (tertiary/aromatic N) is 1. The topological polar surface area (TPSA) is 142 Å². The Morgan fingerprint density at radius 2 is 1.87 bits per heavy atom. The maximum atomic E-state index is 10.6. The van der Waals surface area contributed by atoms with Crippen LogP contribution in [-0.2, 0) is 19.2 Å². The van der Waals surface area contributed by atoms with Gasteiger partial charge < -0.3 is 19.4 Å². The van der Waals surface area contributed by atoms with Gasteiger partial charge in [-0.1, -0.05) is 12.1 Å². The van der Waals surface area contributed by atoms with Crippen LogP contribution in [0.15, 0.2) is 24.3 Å². The van der Waals surface area contributed by atoms with Gasteiger partial charge in [-0.25, -0.2) is 9.59 Å². The highest BCUT2D eigenvalue weighted by molar-refractivity contribution is 5.91. The monoisotopic (exact) mass is 329 g/mol. The molecule has 10 nitrogen and oxygen atoms in total. The number of aromatic carboxylic acids is 1. The van der Waals surface area contributed by atoms with Crippen LogP contribution < -0.4 is 4.74 Å². The average molecular weight is 329 g/mol. The van der Waals surface area contributed by atoms with Gasteiger partial charge in [0.15, 0.2) is 6.61 Å². The first kappa shape index (κ1) is 19.8. The fraction of sp³-hybridized carbons (Fsp3) is 0.308. The zero-order chi connectivity index (χ0) is 17.8. The molecule has 0 bridgehead atoms. The molecule has 0 radical (unpaired) electrons. The Hall–Kier alpha value is -3.17. The minimum atomic E-state index is -1.11. The standard InChI is InChI=1S/C9H8O4.C4H7NO5/c1-6(10)13-8-5-3-2-4-7(8)9(11)12;1-2-9-4(6)3-10-5(7)8/h2-5H,1H3,(H,11,12);2-3H2,1H3. The van der Waals surface area contributed by atoms with Gasteiger partial charge in [-0.05, 0) is 19.1 Å². The number of esters is 2. The molecule has 0 amide bonds. The van der Waals surface area contributed by atoms with E-state index in [0.717, 1.165) is 0 Å². The second-order valence-corrected chi connectivity index (χ2v) is 3.70. The number of ether oxygens (including phenoxy) is 2.